The lowest BCUT2D eigenvalue weighted by Crippen LogP contribution is -2.53. The van der Waals surface area contributed by atoms with E-state index in [1.165, 1.54) is 0 Å². The molecule has 8 nitrogen and oxygen atoms in total. The van der Waals surface area contributed by atoms with Gasteiger partial charge in [-0.3, -0.25) is 9.89 Å². The Kier molecular flexibility index (Phi) is 6.87. The number of benzene rings is 2. The van der Waals surface area contributed by atoms with Crippen LogP contribution < -0.4 is 15.4 Å². The molecule has 180 valence electrons. The second kappa shape index (κ2) is 10.2. The molecule has 1 aliphatic heterocycles. The SMILES string of the molecule is COc1n[nH]c2ncc(-c3ccccc3)c(N3CCN(C(=O)[C@H](N)Cc4ccc(I)cc4)CC3)c12. The van der Waals surface area contributed by atoms with Crippen LogP contribution in [0, 0.1) is 3.57 Å². The third-order valence-corrected chi connectivity index (χ3v) is 7.12. The number of H-pyrrole nitrogens is 1. The highest BCUT2D eigenvalue weighted by molar-refractivity contribution is 14.1. The lowest BCUT2D eigenvalue weighted by atomic mass is 10.0. The van der Waals surface area contributed by atoms with E-state index in [4.69, 9.17) is 10.5 Å². The minimum atomic E-state index is -0.553. The summed E-state index contributed by atoms with van der Waals surface area (Å²) in [6.45, 7) is 2.54. The molecule has 3 N–H and O–H groups in total. The van der Waals surface area contributed by atoms with Crippen LogP contribution in [0.5, 0.6) is 5.88 Å². The Bertz CT molecular complexity index is 1320. The van der Waals surface area contributed by atoms with E-state index in [1.54, 1.807) is 7.11 Å². The molecule has 0 saturated carbocycles. The maximum absolute atomic E-state index is 13.1. The number of nitrogens with one attached hydrogen (secondary N) is 1. The van der Waals surface area contributed by atoms with E-state index in [1.807, 2.05) is 53.6 Å². The molecule has 0 bridgehead atoms. The van der Waals surface area contributed by atoms with Crippen molar-refractivity contribution in [1.29, 1.82) is 0 Å². The van der Waals surface area contributed by atoms with Crippen molar-refractivity contribution < 1.29 is 9.53 Å². The summed E-state index contributed by atoms with van der Waals surface area (Å²) in [7, 11) is 1.61. The lowest BCUT2D eigenvalue weighted by molar-refractivity contribution is -0.132. The largest absolute Gasteiger partial charge is 0.479 e. The van der Waals surface area contributed by atoms with Gasteiger partial charge in [-0.25, -0.2) is 4.98 Å². The molecule has 1 aliphatic rings. The number of piperazine rings is 1. The number of hydrogen-bond acceptors (Lipinski definition) is 6. The van der Waals surface area contributed by atoms with Gasteiger partial charge in [-0.05, 0) is 52.3 Å². The normalized spacial score (nSPS) is 14.8. The zero-order valence-corrected chi connectivity index (χ0v) is 21.6. The van der Waals surface area contributed by atoms with Gasteiger partial charge in [0.2, 0.25) is 11.8 Å². The molecule has 0 aliphatic carbocycles. The summed E-state index contributed by atoms with van der Waals surface area (Å²) in [6, 6.07) is 17.8. The highest BCUT2D eigenvalue weighted by atomic mass is 127. The van der Waals surface area contributed by atoms with Crippen LogP contribution in [0.4, 0.5) is 5.69 Å². The smallest absolute Gasteiger partial charge is 0.244 e. The first-order chi connectivity index (χ1) is 17.0. The number of anilines is 1. The van der Waals surface area contributed by atoms with Gasteiger partial charge in [0.05, 0.1) is 18.8 Å². The van der Waals surface area contributed by atoms with Crippen LogP contribution in [0.1, 0.15) is 5.56 Å². The average Bonchev–Trinajstić information content (AvgIpc) is 3.33. The standard InChI is InChI=1S/C26H27IN6O2/c1-35-25-22-23(20(16-29-24(22)30-31-25)18-5-3-2-4-6-18)32-11-13-33(14-12-32)26(34)21(28)15-17-7-9-19(27)10-8-17/h2-10,16,21H,11-15,28H2,1H3,(H,29,30,31)/t21-/m1/s1. The van der Waals surface area contributed by atoms with E-state index >= 15 is 0 Å². The zero-order chi connectivity index (χ0) is 24.4. The lowest BCUT2D eigenvalue weighted by Gasteiger charge is -2.38. The number of carbonyl (C=O) groups excluding carboxylic acids is 1. The van der Waals surface area contributed by atoms with Crippen LogP contribution in [0.3, 0.4) is 0 Å². The fraction of sp³-hybridized carbons (Fsp3) is 0.269. The number of ether oxygens (including phenoxy) is 1. The number of nitrogens with zero attached hydrogens (tertiary/aromatic N) is 4. The first kappa shape index (κ1) is 23.6. The summed E-state index contributed by atoms with van der Waals surface area (Å²) in [5.41, 5.74) is 11.2. The van der Waals surface area contributed by atoms with Gasteiger partial charge in [0.1, 0.15) is 5.39 Å². The van der Waals surface area contributed by atoms with E-state index in [0.29, 0.717) is 44.1 Å². The van der Waals surface area contributed by atoms with Gasteiger partial charge < -0.3 is 20.3 Å². The summed E-state index contributed by atoms with van der Waals surface area (Å²) in [5.74, 6) is 0.505. The van der Waals surface area contributed by atoms with Gasteiger partial charge >= 0.3 is 0 Å². The first-order valence-electron chi connectivity index (χ1n) is 11.6. The second-order valence-corrected chi connectivity index (χ2v) is 9.84. The monoisotopic (exact) mass is 582 g/mol. The minimum Gasteiger partial charge on any atom is -0.479 e. The number of nitrogens with two attached hydrogens (primary N) is 1. The topological polar surface area (TPSA) is 100 Å². The van der Waals surface area contributed by atoms with Crippen molar-refractivity contribution in [3.8, 4) is 17.0 Å². The third kappa shape index (κ3) is 4.83. The van der Waals surface area contributed by atoms with Crippen molar-refractivity contribution in [3.63, 3.8) is 0 Å². The average molecular weight is 582 g/mol. The molecule has 5 rings (SSSR count). The number of methoxy groups -OCH3 is 1. The maximum atomic E-state index is 13.1. The molecule has 9 heteroatoms. The summed E-state index contributed by atoms with van der Waals surface area (Å²) in [5, 5.41) is 8.12. The predicted molar refractivity (Wildman–Crippen MR) is 146 cm³/mol. The van der Waals surface area contributed by atoms with Gasteiger partial charge in [-0.2, -0.15) is 0 Å². The number of fused-ring (bicyclic) bond motifs is 1. The van der Waals surface area contributed by atoms with Crippen molar-refractivity contribution in [3.05, 3.63) is 69.9 Å². The fourth-order valence-corrected chi connectivity index (χ4v) is 4.96. The molecule has 3 heterocycles. The van der Waals surface area contributed by atoms with Gasteiger partial charge in [-0.1, -0.05) is 42.5 Å². The zero-order valence-electron chi connectivity index (χ0n) is 19.4. The van der Waals surface area contributed by atoms with Crippen LogP contribution >= 0.6 is 22.6 Å². The second-order valence-electron chi connectivity index (χ2n) is 8.59. The number of aromatic amines is 1. The van der Waals surface area contributed by atoms with E-state index in [-0.39, 0.29) is 5.91 Å². The Hall–Kier alpha value is -3.18. The Morgan fingerprint density at radius 3 is 2.51 bits per heavy atom. The molecule has 4 aromatic rings. The summed E-state index contributed by atoms with van der Waals surface area (Å²) in [6.07, 6.45) is 2.41. The van der Waals surface area contributed by atoms with E-state index in [9.17, 15) is 4.79 Å². The maximum Gasteiger partial charge on any atom is 0.244 e. The van der Waals surface area contributed by atoms with Crippen molar-refractivity contribution in [2.75, 3.05) is 38.2 Å². The highest BCUT2D eigenvalue weighted by Gasteiger charge is 2.29. The number of carbonyl (C=O) groups is 1. The Labute approximate surface area is 217 Å². The summed E-state index contributed by atoms with van der Waals surface area (Å²) < 4.78 is 6.72. The number of pyridine rings is 1. The third-order valence-electron chi connectivity index (χ3n) is 6.40. The number of rotatable bonds is 6. The van der Waals surface area contributed by atoms with Crippen LogP contribution in [0.25, 0.3) is 22.2 Å². The van der Waals surface area contributed by atoms with Gasteiger partial charge in [0.25, 0.3) is 0 Å². The molecule has 0 spiro atoms. The van der Waals surface area contributed by atoms with Crippen LogP contribution in [0.15, 0.2) is 60.8 Å². The fourth-order valence-electron chi connectivity index (χ4n) is 4.60. The Morgan fingerprint density at radius 1 is 1.11 bits per heavy atom. The number of aromatic nitrogens is 3. The molecule has 1 atom stereocenters. The summed E-state index contributed by atoms with van der Waals surface area (Å²) >= 11 is 2.27. The molecule has 1 saturated heterocycles. The van der Waals surface area contributed by atoms with E-state index < -0.39 is 6.04 Å². The number of halogens is 1. The van der Waals surface area contributed by atoms with Crippen molar-refractivity contribution in [2.45, 2.75) is 12.5 Å². The molecular weight excluding hydrogens is 555 g/mol. The van der Waals surface area contributed by atoms with Gasteiger partial charge in [0.15, 0.2) is 5.65 Å². The van der Waals surface area contributed by atoms with Crippen LogP contribution in [0.2, 0.25) is 0 Å². The van der Waals surface area contributed by atoms with Crippen molar-refractivity contribution >= 4 is 45.2 Å². The summed E-state index contributed by atoms with van der Waals surface area (Å²) in [4.78, 5) is 21.9. The predicted octanol–water partition coefficient (Wildman–Crippen LogP) is 3.46. The van der Waals surface area contributed by atoms with Crippen LogP contribution in [-0.4, -0.2) is 65.3 Å². The molecule has 1 amide bonds. The van der Waals surface area contributed by atoms with Crippen LogP contribution in [-0.2, 0) is 11.2 Å². The van der Waals surface area contributed by atoms with Crippen molar-refractivity contribution in [2.24, 2.45) is 5.73 Å². The molecule has 1 fully saturated rings. The number of amides is 1. The Morgan fingerprint density at radius 2 is 1.83 bits per heavy atom. The molecular formula is C26H27IN6O2. The molecule has 2 aromatic carbocycles. The molecule has 35 heavy (non-hydrogen) atoms. The number of hydrogen-bond donors (Lipinski definition) is 2. The highest BCUT2D eigenvalue weighted by Crippen LogP contribution is 2.40. The van der Waals surface area contributed by atoms with Crippen molar-refractivity contribution in [1.82, 2.24) is 20.1 Å². The first-order valence-corrected chi connectivity index (χ1v) is 12.6. The molecule has 0 unspecified atom stereocenters. The quantitative estimate of drug-likeness (QED) is 0.338. The minimum absolute atomic E-state index is 0.00718. The van der Waals surface area contributed by atoms with Gasteiger partial charge in [0, 0.05) is 41.5 Å². The van der Waals surface area contributed by atoms with Gasteiger partial charge in [-0.15, -0.1) is 5.10 Å². The van der Waals surface area contributed by atoms with E-state index in [0.717, 1.165) is 31.3 Å². The molecule has 0 radical (unpaired) electrons. The molecule has 2 aromatic heterocycles. The Balaban J connectivity index is 1.37. The van der Waals surface area contributed by atoms with E-state index in [2.05, 4.69) is 54.8 Å².